The van der Waals surface area contributed by atoms with Crippen molar-refractivity contribution in [1.82, 2.24) is 9.97 Å². The molecule has 1 atom stereocenters. The molecule has 1 aromatic carbocycles. The number of carbonyl (C=O) groups is 1. The number of alkyl halides is 2. The van der Waals surface area contributed by atoms with Crippen molar-refractivity contribution in [3.63, 3.8) is 0 Å². The Kier molecular flexibility index (Phi) is 5.22. The van der Waals surface area contributed by atoms with Crippen molar-refractivity contribution in [1.29, 1.82) is 0 Å². The summed E-state index contributed by atoms with van der Waals surface area (Å²) in [6.07, 6.45) is -0.797. The van der Waals surface area contributed by atoms with Gasteiger partial charge in [0.2, 0.25) is 0 Å². The summed E-state index contributed by atoms with van der Waals surface area (Å²) in [4.78, 5) is 33.2. The third kappa shape index (κ3) is 3.97. The summed E-state index contributed by atoms with van der Waals surface area (Å²) in [6.45, 7) is 2.41. The van der Waals surface area contributed by atoms with Crippen molar-refractivity contribution in [3.8, 4) is 5.75 Å². The van der Waals surface area contributed by atoms with Crippen molar-refractivity contribution in [3.05, 3.63) is 56.4 Å². The number of halogens is 2. The molecule has 2 heterocycles. The molecule has 0 saturated carbocycles. The fourth-order valence-corrected chi connectivity index (χ4v) is 3.56. The van der Waals surface area contributed by atoms with E-state index in [4.69, 9.17) is 4.74 Å². The molecule has 9 heteroatoms. The number of aromatic amines is 1. The lowest BCUT2D eigenvalue weighted by molar-refractivity contribution is -0.0498. The van der Waals surface area contributed by atoms with Gasteiger partial charge in [0, 0.05) is 4.88 Å². The molecule has 0 amide bonds. The van der Waals surface area contributed by atoms with E-state index >= 15 is 0 Å². The Morgan fingerprint density at radius 3 is 2.52 bits per heavy atom. The first-order chi connectivity index (χ1) is 12.8. The number of nitrogens with one attached hydrogen (secondary N) is 1. The quantitative estimate of drug-likeness (QED) is 0.659. The van der Waals surface area contributed by atoms with Crippen LogP contribution in [0.15, 0.2) is 29.1 Å². The van der Waals surface area contributed by atoms with Gasteiger partial charge in [-0.05, 0) is 50.6 Å². The van der Waals surface area contributed by atoms with Crippen LogP contribution in [0, 0.1) is 13.8 Å². The molecule has 0 radical (unpaired) electrons. The molecule has 0 bridgehead atoms. The number of benzene rings is 1. The van der Waals surface area contributed by atoms with Gasteiger partial charge in [-0.3, -0.25) is 4.79 Å². The maximum Gasteiger partial charge on any atom is 0.387 e. The molecule has 0 fully saturated rings. The summed E-state index contributed by atoms with van der Waals surface area (Å²) in [6, 6.07) is 5.13. The lowest BCUT2D eigenvalue weighted by Gasteiger charge is -2.13. The molecule has 0 aliphatic heterocycles. The fraction of sp³-hybridized carbons (Fsp3) is 0.278. The smallest absolute Gasteiger partial charge is 0.387 e. The van der Waals surface area contributed by atoms with E-state index in [-0.39, 0.29) is 22.7 Å². The van der Waals surface area contributed by atoms with E-state index in [2.05, 4.69) is 14.7 Å². The SMILES string of the molecule is Cc1sc2nc([C@@H](C)OC(=O)c3ccc(OC(F)F)cc3)[nH]c(=O)c2c1C. The van der Waals surface area contributed by atoms with Crippen LogP contribution in [0.3, 0.4) is 0 Å². The summed E-state index contributed by atoms with van der Waals surface area (Å²) >= 11 is 1.40. The Bertz CT molecular complexity index is 1040. The van der Waals surface area contributed by atoms with Crippen LogP contribution in [0.4, 0.5) is 8.78 Å². The number of nitrogens with zero attached hydrogens (tertiary/aromatic N) is 1. The van der Waals surface area contributed by atoms with Gasteiger partial charge < -0.3 is 14.5 Å². The molecule has 2 aromatic heterocycles. The zero-order chi connectivity index (χ0) is 19.7. The van der Waals surface area contributed by atoms with Gasteiger partial charge in [-0.25, -0.2) is 9.78 Å². The zero-order valence-corrected chi connectivity index (χ0v) is 15.5. The topological polar surface area (TPSA) is 81.3 Å². The number of hydrogen-bond acceptors (Lipinski definition) is 6. The minimum atomic E-state index is -2.94. The summed E-state index contributed by atoms with van der Waals surface area (Å²) in [7, 11) is 0. The van der Waals surface area contributed by atoms with Crippen LogP contribution in [0.2, 0.25) is 0 Å². The largest absolute Gasteiger partial charge is 0.451 e. The van der Waals surface area contributed by atoms with E-state index in [1.807, 2.05) is 13.8 Å². The van der Waals surface area contributed by atoms with Gasteiger partial charge in [0.1, 0.15) is 10.6 Å². The third-order valence-corrected chi connectivity index (χ3v) is 5.14. The molecule has 0 spiro atoms. The highest BCUT2D eigenvalue weighted by molar-refractivity contribution is 7.18. The summed E-state index contributed by atoms with van der Waals surface area (Å²) in [5.74, 6) is -0.499. The van der Waals surface area contributed by atoms with Gasteiger partial charge in [0.15, 0.2) is 11.9 Å². The second-order valence-corrected chi connectivity index (χ2v) is 7.07. The van der Waals surface area contributed by atoms with Crippen LogP contribution in [0.1, 0.15) is 39.7 Å². The van der Waals surface area contributed by atoms with E-state index in [0.29, 0.717) is 10.2 Å². The lowest BCUT2D eigenvalue weighted by atomic mass is 10.2. The molecular formula is C18H16F2N2O4S. The maximum atomic E-state index is 12.3. The first-order valence-electron chi connectivity index (χ1n) is 8.02. The molecule has 27 heavy (non-hydrogen) atoms. The predicted octanol–water partition coefficient (Wildman–Crippen LogP) is 4.12. The predicted molar refractivity (Wildman–Crippen MR) is 96.6 cm³/mol. The van der Waals surface area contributed by atoms with Crippen LogP contribution in [-0.4, -0.2) is 22.5 Å². The first-order valence-corrected chi connectivity index (χ1v) is 8.83. The molecule has 6 nitrogen and oxygen atoms in total. The fourth-order valence-electron chi connectivity index (χ4n) is 2.52. The second kappa shape index (κ2) is 7.43. The van der Waals surface area contributed by atoms with Crippen molar-refractivity contribution >= 4 is 27.5 Å². The van der Waals surface area contributed by atoms with E-state index in [9.17, 15) is 18.4 Å². The normalized spacial score (nSPS) is 12.4. The number of ether oxygens (including phenoxy) is 2. The van der Waals surface area contributed by atoms with Crippen molar-refractivity contribution in [2.75, 3.05) is 0 Å². The lowest BCUT2D eigenvalue weighted by Crippen LogP contribution is -2.17. The minimum Gasteiger partial charge on any atom is -0.451 e. The van der Waals surface area contributed by atoms with Crippen molar-refractivity contribution in [2.24, 2.45) is 0 Å². The van der Waals surface area contributed by atoms with Crippen LogP contribution in [-0.2, 0) is 4.74 Å². The number of aromatic nitrogens is 2. The van der Waals surface area contributed by atoms with Gasteiger partial charge in [-0.1, -0.05) is 0 Å². The number of thiophene rings is 1. The molecule has 3 aromatic rings. The average molecular weight is 394 g/mol. The molecule has 142 valence electrons. The number of H-pyrrole nitrogens is 1. The monoisotopic (exact) mass is 394 g/mol. The number of fused-ring (bicyclic) bond motifs is 1. The Labute approximate surface area is 156 Å². The highest BCUT2D eigenvalue weighted by Gasteiger charge is 2.19. The Hall–Kier alpha value is -2.81. The number of hydrogen-bond donors (Lipinski definition) is 1. The number of aryl methyl sites for hydroxylation is 2. The molecule has 0 unspecified atom stereocenters. The number of rotatable bonds is 5. The van der Waals surface area contributed by atoms with Gasteiger partial charge >= 0.3 is 12.6 Å². The molecule has 1 N–H and O–H groups in total. The van der Waals surface area contributed by atoms with E-state index in [0.717, 1.165) is 10.4 Å². The minimum absolute atomic E-state index is 0.0607. The Morgan fingerprint density at radius 1 is 1.22 bits per heavy atom. The highest BCUT2D eigenvalue weighted by Crippen LogP contribution is 2.27. The van der Waals surface area contributed by atoms with Crippen LogP contribution in [0.25, 0.3) is 10.2 Å². The van der Waals surface area contributed by atoms with Crippen LogP contribution in [0.5, 0.6) is 5.75 Å². The zero-order valence-electron chi connectivity index (χ0n) is 14.7. The third-order valence-electron chi connectivity index (χ3n) is 4.04. The van der Waals surface area contributed by atoms with Gasteiger partial charge in [-0.2, -0.15) is 8.78 Å². The molecule has 0 aliphatic rings. The molecule has 0 saturated heterocycles. The van der Waals surface area contributed by atoms with Gasteiger partial charge in [-0.15, -0.1) is 11.3 Å². The Balaban J connectivity index is 1.78. The summed E-state index contributed by atoms with van der Waals surface area (Å²) in [5.41, 5.74) is 0.758. The first kappa shape index (κ1) is 19.0. The summed E-state index contributed by atoms with van der Waals surface area (Å²) < 4.78 is 33.9. The van der Waals surface area contributed by atoms with E-state index in [1.54, 1.807) is 6.92 Å². The van der Waals surface area contributed by atoms with Gasteiger partial charge in [0.25, 0.3) is 5.56 Å². The maximum absolute atomic E-state index is 12.3. The molecular weight excluding hydrogens is 378 g/mol. The number of carbonyl (C=O) groups excluding carboxylic acids is 1. The van der Waals surface area contributed by atoms with Gasteiger partial charge in [0.05, 0.1) is 10.9 Å². The van der Waals surface area contributed by atoms with Crippen molar-refractivity contribution in [2.45, 2.75) is 33.5 Å². The highest BCUT2D eigenvalue weighted by atomic mass is 32.1. The van der Waals surface area contributed by atoms with Crippen LogP contribution >= 0.6 is 11.3 Å². The second-order valence-electron chi connectivity index (χ2n) is 5.86. The van der Waals surface area contributed by atoms with E-state index in [1.165, 1.54) is 35.6 Å². The molecule has 0 aliphatic carbocycles. The standard InChI is InChI=1S/C18H16F2N2O4S/c1-8-10(3)27-16-13(8)15(23)21-14(22-16)9(2)25-17(24)11-4-6-12(7-5-11)26-18(19)20/h4-7,9,18H,1-3H3,(H,21,22,23)/t9-/m1/s1. The average Bonchev–Trinajstić information content (AvgIpc) is 2.89. The van der Waals surface area contributed by atoms with Crippen LogP contribution < -0.4 is 10.3 Å². The molecule has 3 rings (SSSR count). The Morgan fingerprint density at radius 2 is 1.89 bits per heavy atom. The van der Waals surface area contributed by atoms with E-state index < -0.39 is 18.7 Å². The van der Waals surface area contributed by atoms with Crippen molar-refractivity contribution < 1.29 is 23.0 Å². The number of esters is 1. The summed E-state index contributed by atoms with van der Waals surface area (Å²) in [5, 5.41) is 0.536.